The number of para-hydroxylation sites is 2. The molecule has 0 unspecified atom stereocenters. The van der Waals surface area contributed by atoms with Crippen LogP contribution in [-0.2, 0) is 11.2 Å². The zero-order chi connectivity index (χ0) is 15.4. The number of hydrogen-bond donors (Lipinski definition) is 0. The number of rotatable bonds is 5. The smallest absolute Gasteiger partial charge is 0.222 e. The molecule has 5 heteroatoms. The van der Waals surface area contributed by atoms with Crippen molar-refractivity contribution in [3.63, 3.8) is 0 Å². The number of carbonyl (C=O) groups excluding carboxylic acids is 1. The van der Waals surface area contributed by atoms with E-state index in [0.717, 1.165) is 17.9 Å². The summed E-state index contributed by atoms with van der Waals surface area (Å²) in [5.41, 5.74) is 0. The van der Waals surface area contributed by atoms with Gasteiger partial charge in [0.2, 0.25) is 5.91 Å². The predicted molar refractivity (Wildman–Crippen MR) is 86.6 cm³/mol. The van der Waals surface area contributed by atoms with Crippen LogP contribution in [0.4, 0.5) is 0 Å². The van der Waals surface area contributed by atoms with E-state index in [-0.39, 0.29) is 12.0 Å². The number of aryl methyl sites for hydroxylation is 1. The summed E-state index contributed by atoms with van der Waals surface area (Å²) in [5, 5.41) is 2.04. The van der Waals surface area contributed by atoms with Gasteiger partial charge in [-0.2, -0.15) is 0 Å². The molecule has 2 heterocycles. The third-order valence-electron chi connectivity index (χ3n) is 3.64. The van der Waals surface area contributed by atoms with Crippen molar-refractivity contribution in [2.75, 3.05) is 20.2 Å². The Morgan fingerprint density at radius 2 is 2.09 bits per heavy atom. The monoisotopic (exact) mass is 317 g/mol. The van der Waals surface area contributed by atoms with Gasteiger partial charge in [-0.25, -0.2) is 0 Å². The second kappa shape index (κ2) is 6.83. The molecule has 1 atom stereocenters. The molecule has 0 radical (unpaired) electrons. The van der Waals surface area contributed by atoms with E-state index in [1.807, 2.05) is 42.8 Å². The molecule has 1 aromatic carbocycles. The Bertz CT molecular complexity index is 627. The van der Waals surface area contributed by atoms with Gasteiger partial charge >= 0.3 is 0 Å². The zero-order valence-electron chi connectivity index (χ0n) is 12.5. The van der Waals surface area contributed by atoms with Gasteiger partial charge in [-0.15, -0.1) is 11.3 Å². The fourth-order valence-corrected chi connectivity index (χ4v) is 3.15. The van der Waals surface area contributed by atoms with E-state index in [9.17, 15) is 4.79 Å². The molecular weight excluding hydrogens is 298 g/mol. The van der Waals surface area contributed by atoms with E-state index in [2.05, 4.69) is 6.07 Å². The van der Waals surface area contributed by atoms with Gasteiger partial charge in [0.25, 0.3) is 0 Å². The van der Waals surface area contributed by atoms with Crippen molar-refractivity contribution in [1.82, 2.24) is 4.90 Å². The minimum atomic E-state index is -0.120. The maximum atomic E-state index is 12.2. The number of amides is 1. The molecule has 116 valence electrons. The molecule has 0 bridgehead atoms. The zero-order valence-corrected chi connectivity index (χ0v) is 13.3. The quantitative estimate of drug-likeness (QED) is 0.851. The average molecular weight is 317 g/mol. The van der Waals surface area contributed by atoms with Crippen LogP contribution in [0.25, 0.3) is 0 Å². The minimum absolute atomic E-state index is 0.120. The lowest BCUT2D eigenvalue weighted by Crippen LogP contribution is -2.41. The average Bonchev–Trinajstić information content (AvgIpc) is 3.06. The largest absolute Gasteiger partial charge is 0.486 e. The Kier molecular flexibility index (Phi) is 4.63. The van der Waals surface area contributed by atoms with Crippen LogP contribution >= 0.6 is 11.3 Å². The molecular formula is C17H19NO3S. The van der Waals surface area contributed by atoms with Gasteiger partial charge in [-0.3, -0.25) is 4.79 Å². The maximum absolute atomic E-state index is 12.2. The third kappa shape index (κ3) is 3.60. The summed E-state index contributed by atoms with van der Waals surface area (Å²) in [4.78, 5) is 15.2. The first-order valence-corrected chi connectivity index (χ1v) is 8.25. The number of benzene rings is 1. The standard InChI is InChI=1S/C17H19NO3S/c1-18(17(19)9-8-14-5-4-10-22-14)11-13-12-20-15-6-2-3-7-16(15)21-13/h2-7,10,13H,8-9,11-12H2,1H3/t13-/m1/s1. The summed E-state index contributed by atoms with van der Waals surface area (Å²) >= 11 is 1.69. The lowest BCUT2D eigenvalue weighted by molar-refractivity contribution is -0.131. The van der Waals surface area contributed by atoms with Gasteiger partial charge < -0.3 is 14.4 Å². The minimum Gasteiger partial charge on any atom is -0.486 e. The number of nitrogens with zero attached hydrogens (tertiary/aromatic N) is 1. The normalized spacial score (nSPS) is 16.3. The molecule has 22 heavy (non-hydrogen) atoms. The molecule has 0 saturated carbocycles. The molecule has 1 amide bonds. The van der Waals surface area contributed by atoms with Crippen molar-refractivity contribution >= 4 is 17.2 Å². The molecule has 0 spiro atoms. The highest BCUT2D eigenvalue weighted by Gasteiger charge is 2.23. The van der Waals surface area contributed by atoms with E-state index in [1.165, 1.54) is 4.88 Å². The van der Waals surface area contributed by atoms with E-state index in [0.29, 0.717) is 19.6 Å². The second-order valence-corrected chi connectivity index (χ2v) is 6.38. The summed E-state index contributed by atoms with van der Waals surface area (Å²) < 4.78 is 11.6. The number of carbonyl (C=O) groups is 1. The first-order chi connectivity index (χ1) is 10.7. The van der Waals surface area contributed by atoms with Gasteiger partial charge in [-0.05, 0) is 30.0 Å². The number of ether oxygens (including phenoxy) is 2. The highest BCUT2D eigenvalue weighted by atomic mass is 32.1. The summed E-state index contributed by atoms with van der Waals surface area (Å²) in [7, 11) is 1.82. The first kappa shape index (κ1) is 14.9. The van der Waals surface area contributed by atoms with Crippen LogP contribution in [0.3, 0.4) is 0 Å². The summed E-state index contributed by atoms with van der Waals surface area (Å²) in [5.74, 6) is 1.65. The Morgan fingerprint density at radius 3 is 2.86 bits per heavy atom. The van der Waals surface area contributed by atoms with Gasteiger partial charge in [0, 0.05) is 18.3 Å². The van der Waals surface area contributed by atoms with Crippen molar-refractivity contribution < 1.29 is 14.3 Å². The first-order valence-electron chi connectivity index (χ1n) is 7.37. The molecule has 0 N–H and O–H groups in total. The van der Waals surface area contributed by atoms with Crippen LogP contribution in [0.5, 0.6) is 11.5 Å². The molecule has 4 nitrogen and oxygen atoms in total. The highest BCUT2D eigenvalue weighted by Crippen LogP contribution is 2.30. The number of likely N-dealkylation sites (N-methyl/N-ethyl adjacent to an activating group) is 1. The van der Waals surface area contributed by atoms with Crippen LogP contribution in [-0.4, -0.2) is 37.1 Å². The molecule has 0 aliphatic carbocycles. The van der Waals surface area contributed by atoms with Gasteiger partial charge in [0.15, 0.2) is 17.6 Å². The van der Waals surface area contributed by atoms with Gasteiger partial charge in [0.1, 0.15) is 6.61 Å². The topological polar surface area (TPSA) is 38.8 Å². The fraction of sp³-hybridized carbons (Fsp3) is 0.353. The second-order valence-electron chi connectivity index (χ2n) is 5.35. The van der Waals surface area contributed by atoms with Crippen LogP contribution in [0.2, 0.25) is 0 Å². The Balaban J connectivity index is 1.49. The van der Waals surface area contributed by atoms with Crippen LogP contribution in [0.1, 0.15) is 11.3 Å². The van der Waals surface area contributed by atoms with E-state index < -0.39 is 0 Å². The summed E-state index contributed by atoms with van der Waals surface area (Å²) in [6.45, 7) is 1.01. The van der Waals surface area contributed by atoms with Crippen molar-refractivity contribution in [3.8, 4) is 11.5 Å². The SMILES string of the molecule is CN(C[C@@H]1COc2ccccc2O1)C(=O)CCc1cccs1. The lowest BCUT2D eigenvalue weighted by atomic mass is 10.2. The third-order valence-corrected chi connectivity index (χ3v) is 4.57. The molecule has 3 rings (SSSR count). The highest BCUT2D eigenvalue weighted by molar-refractivity contribution is 7.09. The van der Waals surface area contributed by atoms with Crippen molar-refractivity contribution in [2.45, 2.75) is 18.9 Å². The van der Waals surface area contributed by atoms with Crippen LogP contribution in [0.15, 0.2) is 41.8 Å². The summed E-state index contributed by atoms with van der Waals surface area (Å²) in [6.07, 6.45) is 1.21. The molecule has 0 saturated heterocycles. The molecule has 1 aliphatic heterocycles. The number of fused-ring (bicyclic) bond motifs is 1. The molecule has 0 fully saturated rings. The van der Waals surface area contributed by atoms with E-state index >= 15 is 0 Å². The molecule has 1 aromatic heterocycles. The van der Waals surface area contributed by atoms with E-state index in [1.54, 1.807) is 16.2 Å². The molecule has 1 aliphatic rings. The van der Waals surface area contributed by atoms with Gasteiger partial charge in [0.05, 0.1) is 6.54 Å². The Hall–Kier alpha value is -2.01. The van der Waals surface area contributed by atoms with Gasteiger partial charge in [-0.1, -0.05) is 18.2 Å². The van der Waals surface area contributed by atoms with Crippen LogP contribution in [0, 0.1) is 0 Å². The van der Waals surface area contributed by atoms with Crippen molar-refractivity contribution in [1.29, 1.82) is 0 Å². The summed E-state index contributed by atoms with van der Waals surface area (Å²) in [6, 6.07) is 11.7. The number of hydrogen-bond acceptors (Lipinski definition) is 4. The van der Waals surface area contributed by atoms with Crippen molar-refractivity contribution in [2.24, 2.45) is 0 Å². The van der Waals surface area contributed by atoms with Crippen LogP contribution < -0.4 is 9.47 Å². The molecule has 2 aromatic rings. The maximum Gasteiger partial charge on any atom is 0.222 e. The fourth-order valence-electron chi connectivity index (χ4n) is 2.44. The predicted octanol–water partition coefficient (Wildman–Crippen LogP) is 2.98. The lowest BCUT2D eigenvalue weighted by Gasteiger charge is -2.29. The van der Waals surface area contributed by atoms with Crippen molar-refractivity contribution in [3.05, 3.63) is 46.7 Å². The van der Waals surface area contributed by atoms with E-state index in [4.69, 9.17) is 9.47 Å². The Labute approximate surface area is 134 Å². The Morgan fingerprint density at radius 1 is 1.27 bits per heavy atom. The number of thiophene rings is 1.